The summed E-state index contributed by atoms with van der Waals surface area (Å²) in [7, 11) is -6.17. The molecule has 0 bridgehead atoms. The number of hydrogen-bond acceptors (Lipinski definition) is 0. The van der Waals surface area contributed by atoms with E-state index in [4.69, 9.17) is 0 Å². The Labute approximate surface area is 550 Å². The Morgan fingerprint density at radius 3 is 0.904 bits per heavy atom. The largest absolute Gasteiger partial charge is 0.309 e. The molecule has 442 valence electrons. The smallest absolute Gasteiger partial charge is 0.179 e. The molecule has 0 unspecified atom stereocenters. The molecule has 2 nitrogen and oxygen atoms in total. The second-order valence-electron chi connectivity index (χ2n) is 24.7. The SMILES string of the molecule is c1ccc(-c2cc(-c3ccccc3)cc([Si](c3ccccc3)(c3ccccc3)c3cc(-c4ccccc4)c(-n4c5ccccc5c5cc(-n6c7ccccc7c7cc([Si](c8ccccc8)(c8ccccc8)c8ccccc8)ccc76)ccc54)c(-c4ccccc4)c3)c2)cc1. The van der Waals surface area contributed by atoms with E-state index in [-0.39, 0.29) is 0 Å². The van der Waals surface area contributed by atoms with Crippen LogP contribution < -0.4 is 41.5 Å². The van der Waals surface area contributed by atoms with Crippen LogP contribution in [-0.2, 0) is 0 Å². The molecule has 0 spiro atoms. The number of rotatable bonds is 14. The molecule has 0 fully saturated rings. The molecule has 0 aliphatic carbocycles. The highest BCUT2D eigenvalue weighted by Crippen LogP contribution is 2.43. The monoisotopic (exact) mass is 1230 g/mol. The van der Waals surface area contributed by atoms with Gasteiger partial charge in [-0.25, -0.2) is 0 Å². The fourth-order valence-corrected chi connectivity index (χ4v) is 25.1. The molecule has 0 aliphatic heterocycles. The molecule has 15 aromatic carbocycles. The number of benzene rings is 15. The van der Waals surface area contributed by atoms with Gasteiger partial charge >= 0.3 is 0 Å². The molecule has 0 N–H and O–H groups in total. The number of hydrogen-bond donors (Lipinski definition) is 0. The zero-order chi connectivity index (χ0) is 62.4. The topological polar surface area (TPSA) is 9.86 Å². The lowest BCUT2D eigenvalue weighted by atomic mass is 9.95. The average molecular weight is 1230 g/mol. The normalized spacial score (nSPS) is 11.8. The lowest BCUT2D eigenvalue weighted by molar-refractivity contribution is 1.17. The van der Waals surface area contributed by atoms with E-state index in [1.54, 1.807) is 0 Å². The van der Waals surface area contributed by atoms with Gasteiger partial charge in [0.25, 0.3) is 0 Å². The third-order valence-electron chi connectivity index (χ3n) is 19.6. The maximum Gasteiger partial charge on any atom is 0.179 e. The van der Waals surface area contributed by atoms with E-state index in [1.165, 1.54) is 96.3 Å². The van der Waals surface area contributed by atoms with Crippen molar-refractivity contribution in [2.45, 2.75) is 0 Å². The molecule has 94 heavy (non-hydrogen) atoms. The number of aromatic nitrogens is 2. The zero-order valence-corrected chi connectivity index (χ0v) is 53.8. The van der Waals surface area contributed by atoms with Crippen LogP contribution in [0, 0.1) is 0 Å². The molecule has 17 aromatic rings. The van der Waals surface area contributed by atoms with Crippen molar-refractivity contribution < 1.29 is 0 Å². The summed E-state index contributed by atoms with van der Waals surface area (Å²) in [5.41, 5.74) is 16.3. The molecule has 2 heterocycles. The van der Waals surface area contributed by atoms with Crippen LogP contribution in [0.25, 0.3) is 99.5 Å². The summed E-state index contributed by atoms with van der Waals surface area (Å²) in [5.74, 6) is 0. The van der Waals surface area contributed by atoms with E-state index in [0.717, 1.165) is 44.7 Å². The van der Waals surface area contributed by atoms with Crippen LogP contribution in [-0.4, -0.2) is 25.3 Å². The number of para-hydroxylation sites is 2. The molecule has 2 aromatic heterocycles. The fourth-order valence-electron chi connectivity index (χ4n) is 15.5. The van der Waals surface area contributed by atoms with Gasteiger partial charge in [0, 0.05) is 38.4 Å². The highest BCUT2D eigenvalue weighted by molar-refractivity contribution is 7.20. The van der Waals surface area contributed by atoms with E-state index >= 15 is 0 Å². The van der Waals surface area contributed by atoms with Crippen LogP contribution in [0.2, 0.25) is 0 Å². The summed E-state index contributed by atoms with van der Waals surface area (Å²) in [6, 6.07) is 146. The summed E-state index contributed by atoms with van der Waals surface area (Å²) in [6.07, 6.45) is 0. The Balaban J connectivity index is 0.933. The van der Waals surface area contributed by atoms with Crippen molar-refractivity contribution in [2.75, 3.05) is 0 Å². The molecule has 17 rings (SSSR count). The first-order valence-electron chi connectivity index (χ1n) is 32.6. The number of fused-ring (bicyclic) bond motifs is 6. The third kappa shape index (κ3) is 9.37. The van der Waals surface area contributed by atoms with Crippen molar-refractivity contribution in [3.8, 4) is 55.9 Å². The lowest BCUT2D eigenvalue weighted by Crippen LogP contribution is -2.74. The van der Waals surface area contributed by atoms with Crippen LogP contribution in [0.15, 0.2) is 388 Å². The van der Waals surface area contributed by atoms with Gasteiger partial charge in [-0.2, -0.15) is 0 Å². The van der Waals surface area contributed by atoms with Crippen molar-refractivity contribution >= 4 is 101 Å². The van der Waals surface area contributed by atoms with E-state index in [9.17, 15) is 0 Å². The molecule has 0 aliphatic rings. The number of nitrogens with zero attached hydrogens (tertiary/aromatic N) is 2. The summed E-state index contributed by atoms with van der Waals surface area (Å²) in [5, 5.41) is 15.5. The molecule has 0 atom stereocenters. The van der Waals surface area contributed by atoms with Crippen LogP contribution >= 0.6 is 0 Å². The molecular weight excluding hydrogens is 1170 g/mol. The Morgan fingerprint density at radius 1 is 0.170 bits per heavy atom. The maximum absolute atomic E-state index is 3.33. The van der Waals surface area contributed by atoms with Gasteiger partial charge < -0.3 is 9.13 Å². The van der Waals surface area contributed by atoms with Crippen molar-refractivity contribution in [3.05, 3.63) is 388 Å². The summed E-state index contributed by atoms with van der Waals surface area (Å²) in [4.78, 5) is 0. The molecule has 0 saturated carbocycles. The Morgan fingerprint density at radius 2 is 0.479 bits per heavy atom. The second kappa shape index (κ2) is 23.9. The Hall–Kier alpha value is -11.7. The minimum Gasteiger partial charge on any atom is -0.309 e. The Kier molecular flexibility index (Phi) is 14.3. The molecule has 0 radical (unpaired) electrons. The fraction of sp³-hybridized carbons (Fsp3) is 0. The zero-order valence-electron chi connectivity index (χ0n) is 51.8. The maximum atomic E-state index is 2.59. The van der Waals surface area contributed by atoms with Crippen molar-refractivity contribution in [1.82, 2.24) is 9.13 Å². The van der Waals surface area contributed by atoms with Crippen LogP contribution in [0.1, 0.15) is 0 Å². The predicted octanol–water partition coefficient (Wildman–Crippen LogP) is 17.3. The average Bonchev–Trinajstić information content (AvgIpc) is 1.31. The highest BCUT2D eigenvalue weighted by atomic mass is 28.3. The standard InChI is InChI=1S/C90H64N2Si2/c1-10-32-65(33-11-1)69-58-70(66-34-12-2-13-35-66)60-78(59-69)94(75-46-24-8-25-47-75,76-48-26-9-27-49-76)79-63-82(67-36-14-3-15-37-67)90(83(64-79)68-38-16-4-17-39-68)92-87-53-31-29-50-80(87)84-61-71(54-56-89(84)92)91-86-52-30-28-51-81(86)85-62-77(55-57-88(85)91)93(72-40-18-5-19-41-72,73-42-20-6-21-43-73)74-44-22-7-23-45-74/h1-64H. The molecular formula is C90H64N2Si2. The summed E-state index contributed by atoms with van der Waals surface area (Å²) in [6.45, 7) is 0. The highest BCUT2D eigenvalue weighted by Gasteiger charge is 2.44. The van der Waals surface area contributed by atoms with Crippen LogP contribution in [0.4, 0.5) is 0 Å². The quantitative estimate of drug-likeness (QED) is 0.0759. The van der Waals surface area contributed by atoms with Crippen molar-refractivity contribution in [2.24, 2.45) is 0 Å². The first-order chi connectivity index (χ1) is 46.6. The minimum absolute atomic E-state index is 1.11. The Bertz CT molecular complexity index is 5310. The van der Waals surface area contributed by atoms with Gasteiger partial charge in [-0.15, -0.1) is 0 Å². The van der Waals surface area contributed by atoms with Gasteiger partial charge in [0.1, 0.15) is 0 Å². The lowest BCUT2D eigenvalue weighted by Gasteiger charge is -2.36. The third-order valence-corrected chi connectivity index (χ3v) is 29.1. The van der Waals surface area contributed by atoms with Gasteiger partial charge in [0.15, 0.2) is 16.1 Å². The van der Waals surface area contributed by atoms with E-state index in [1.807, 2.05) is 0 Å². The first kappa shape index (κ1) is 56.3. The molecule has 4 heteroatoms. The molecule has 0 saturated heterocycles. The van der Waals surface area contributed by atoms with Crippen molar-refractivity contribution in [1.29, 1.82) is 0 Å². The summed E-state index contributed by atoms with van der Waals surface area (Å²) < 4.78 is 5.09. The minimum atomic E-state index is -3.33. The predicted molar refractivity (Wildman–Crippen MR) is 404 cm³/mol. The van der Waals surface area contributed by atoms with Gasteiger partial charge in [0.2, 0.25) is 0 Å². The van der Waals surface area contributed by atoms with E-state index < -0.39 is 16.1 Å². The van der Waals surface area contributed by atoms with E-state index in [2.05, 4.69) is 397 Å². The first-order valence-corrected chi connectivity index (χ1v) is 36.6. The second-order valence-corrected chi connectivity index (χ2v) is 32.3. The van der Waals surface area contributed by atoms with Gasteiger partial charge in [-0.3, -0.25) is 0 Å². The van der Waals surface area contributed by atoms with Crippen LogP contribution in [0.3, 0.4) is 0 Å². The van der Waals surface area contributed by atoms with Gasteiger partial charge in [0.05, 0.1) is 27.8 Å². The van der Waals surface area contributed by atoms with E-state index in [0.29, 0.717) is 0 Å². The van der Waals surface area contributed by atoms with Gasteiger partial charge in [-0.05, 0) is 117 Å². The van der Waals surface area contributed by atoms with Crippen molar-refractivity contribution in [3.63, 3.8) is 0 Å². The summed E-state index contributed by atoms with van der Waals surface area (Å²) >= 11 is 0. The molecule has 0 amide bonds. The van der Waals surface area contributed by atoms with Crippen LogP contribution in [0.5, 0.6) is 0 Å². The van der Waals surface area contributed by atoms with Gasteiger partial charge in [-0.1, -0.05) is 346 Å².